The molecule has 20 heavy (non-hydrogen) atoms. The van der Waals surface area contributed by atoms with Crippen LogP contribution in [0.3, 0.4) is 0 Å². The van der Waals surface area contributed by atoms with Crippen molar-refractivity contribution in [2.45, 2.75) is 18.2 Å². The van der Waals surface area contributed by atoms with Gasteiger partial charge in [-0.15, -0.1) is 10.2 Å². The van der Waals surface area contributed by atoms with Gasteiger partial charge in [-0.1, -0.05) is 35.5 Å². The highest BCUT2D eigenvalue weighted by Crippen LogP contribution is 2.24. The number of aromatic nitrogens is 3. The maximum Gasteiger partial charge on any atom is 0.191 e. The van der Waals surface area contributed by atoms with E-state index in [2.05, 4.69) is 16.3 Å². The van der Waals surface area contributed by atoms with Crippen LogP contribution in [0.15, 0.2) is 29.4 Å². The third-order valence-electron chi connectivity index (χ3n) is 2.56. The summed E-state index contributed by atoms with van der Waals surface area (Å²) in [6.45, 7) is 0.298. The summed E-state index contributed by atoms with van der Waals surface area (Å²) < 4.78 is 7.49. The van der Waals surface area contributed by atoms with Gasteiger partial charge in [-0.3, -0.25) is 0 Å². The van der Waals surface area contributed by atoms with Crippen LogP contribution >= 0.6 is 23.4 Å². The van der Waals surface area contributed by atoms with E-state index in [1.807, 2.05) is 23.7 Å². The Morgan fingerprint density at radius 1 is 1.40 bits per heavy atom. The highest BCUT2D eigenvalue weighted by Gasteiger charge is 2.10. The van der Waals surface area contributed by atoms with Gasteiger partial charge in [-0.05, 0) is 12.1 Å². The van der Waals surface area contributed by atoms with Gasteiger partial charge in [0, 0.05) is 19.2 Å². The number of nitrogens with zero attached hydrogens (tertiary/aromatic N) is 4. The van der Waals surface area contributed by atoms with Gasteiger partial charge >= 0.3 is 0 Å². The molecule has 0 aliphatic rings. The van der Waals surface area contributed by atoms with E-state index in [0.717, 1.165) is 5.16 Å². The molecule has 0 unspecified atom stereocenters. The molecule has 0 spiro atoms. The molecule has 7 heteroatoms. The highest BCUT2D eigenvalue weighted by molar-refractivity contribution is 7.99. The zero-order chi connectivity index (χ0) is 14.4. The second-order valence-corrected chi connectivity index (χ2v) is 5.40. The van der Waals surface area contributed by atoms with E-state index < -0.39 is 0 Å². The fourth-order valence-corrected chi connectivity index (χ4v) is 2.45. The molecule has 0 atom stereocenters. The van der Waals surface area contributed by atoms with E-state index in [1.165, 1.54) is 11.8 Å². The van der Waals surface area contributed by atoms with Crippen molar-refractivity contribution in [1.29, 1.82) is 5.26 Å². The maximum absolute atomic E-state index is 8.52. The third kappa shape index (κ3) is 3.65. The standard InChI is InChI=1S/C13H13ClN4OS/c1-18-12(16-17-13(18)20-8-4-7-15)9-19-11-6-3-2-5-10(11)14/h2-3,5-6H,4,8-9H2,1H3. The minimum atomic E-state index is 0.298. The van der Waals surface area contributed by atoms with E-state index in [9.17, 15) is 0 Å². The first kappa shape index (κ1) is 14.7. The number of hydrogen-bond acceptors (Lipinski definition) is 5. The molecule has 0 aliphatic carbocycles. The number of rotatable bonds is 6. The minimum Gasteiger partial charge on any atom is -0.484 e. The van der Waals surface area contributed by atoms with Gasteiger partial charge in [0.2, 0.25) is 0 Å². The van der Waals surface area contributed by atoms with Crippen LogP contribution in [-0.4, -0.2) is 20.5 Å². The number of halogens is 1. The molecule has 0 saturated heterocycles. The number of nitriles is 1. The van der Waals surface area contributed by atoms with Crippen LogP contribution in [-0.2, 0) is 13.7 Å². The average Bonchev–Trinajstić information content (AvgIpc) is 2.80. The van der Waals surface area contributed by atoms with Crippen LogP contribution in [0.5, 0.6) is 5.75 Å². The third-order valence-corrected chi connectivity index (χ3v) is 3.90. The van der Waals surface area contributed by atoms with Gasteiger partial charge in [0.25, 0.3) is 0 Å². The van der Waals surface area contributed by atoms with E-state index in [4.69, 9.17) is 21.6 Å². The van der Waals surface area contributed by atoms with Crippen molar-refractivity contribution in [2.75, 3.05) is 5.75 Å². The van der Waals surface area contributed by atoms with E-state index in [0.29, 0.717) is 35.4 Å². The summed E-state index contributed by atoms with van der Waals surface area (Å²) in [6, 6.07) is 9.39. The molecule has 1 heterocycles. The van der Waals surface area contributed by atoms with Crippen LogP contribution in [0, 0.1) is 11.3 Å². The Bertz CT molecular complexity index is 623. The fourth-order valence-electron chi connectivity index (χ4n) is 1.49. The molecule has 0 radical (unpaired) electrons. The van der Waals surface area contributed by atoms with Gasteiger partial charge in [-0.2, -0.15) is 5.26 Å². The summed E-state index contributed by atoms with van der Waals surface area (Å²) in [4.78, 5) is 0. The quantitative estimate of drug-likeness (QED) is 0.606. The van der Waals surface area contributed by atoms with E-state index in [-0.39, 0.29) is 0 Å². The lowest BCUT2D eigenvalue weighted by Gasteiger charge is -2.07. The first-order valence-corrected chi connectivity index (χ1v) is 7.34. The Morgan fingerprint density at radius 2 is 2.20 bits per heavy atom. The number of benzene rings is 1. The number of ether oxygens (including phenoxy) is 1. The molecule has 0 fully saturated rings. The predicted octanol–water partition coefficient (Wildman–Crippen LogP) is 3.05. The summed E-state index contributed by atoms with van der Waals surface area (Å²) in [6.07, 6.45) is 0.489. The Balaban J connectivity index is 1.97. The smallest absolute Gasteiger partial charge is 0.191 e. The van der Waals surface area contributed by atoms with Gasteiger partial charge < -0.3 is 9.30 Å². The number of para-hydroxylation sites is 1. The zero-order valence-electron chi connectivity index (χ0n) is 10.9. The van der Waals surface area contributed by atoms with Crippen molar-refractivity contribution in [2.24, 2.45) is 7.05 Å². The van der Waals surface area contributed by atoms with Crippen molar-refractivity contribution in [3.8, 4) is 11.8 Å². The van der Waals surface area contributed by atoms with Gasteiger partial charge in [0.15, 0.2) is 11.0 Å². The summed E-state index contributed by atoms with van der Waals surface area (Å²) in [7, 11) is 1.88. The monoisotopic (exact) mass is 308 g/mol. The summed E-state index contributed by atoms with van der Waals surface area (Å²) in [5.41, 5.74) is 0. The molecule has 0 amide bonds. The van der Waals surface area contributed by atoms with Crippen molar-refractivity contribution in [3.05, 3.63) is 35.1 Å². The normalized spacial score (nSPS) is 10.2. The minimum absolute atomic E-state index is 0.298. The number of hydrogen-bond donors (Lipinski definition) is 0. The van der Waals surface area contributed by atoms with Gasteiger partial charge in [-0.25, -0.2) is 0 Å². The zero-order valence-corrected chi connectivity index (χ0v) is 12.5. The Labute approximate surface area is 126 Å². The van der Waals surface area contributed by atoms with Crippen molar-refractivity contribution >= 4 is 23.4 Å². The summed E-state index contributed by atoms with van der Waals surface area (Å²) in [5.74, 6) is 2.04. The Kier molecular flexibility index (Phi) is 5.27. The first-order chi connectivity index (χ1) is 9.72. The molecule has 5 nitrogen and oxygen atoms in total. The van der Waals surface area contributed by atoms with Crippen LogP contribution < -0.4 is 4.74 Å². The molecule has 0 saturated carbocycles. The fraction of sp³-hybridized carbons (Fsp3) is 0.308. The molecule has 1 aromatic carbocycles. The van der Waals surface area contributed by atoms with E-state index >= 15 is 0 Å². The molecule has 104 valence electrons. The van der Waals surface area contributed by atoms with Crippen molar-refractivity contribution in [1.82, 2.24) is 14.8 Å². The first-order valence-electron chi connectivity index (χ1n) is 5.97. The molecular formula is C13H13ClN4OS. The molecule has 0 N–H and O–H groups in total. The lowest BCUT2D eigenvalue weighted by atomic mass is 10.3. The number of thioether (sulfide) groups is 1. The van der Waals surface area contributed by atoms with Gasteiger partial charge in [0.05, 0.1) is 11.1 Å². The summed E-state index contributed by atoms with van der Waals surface area (Å²) >= 11 is 7.52. The topological polar surface area (TPSA) is 63.7 Å². The Hall–Kier alpha value is -1.71. The second-order valence-electron chi connectivity index (χ2n) is 3.93. The molecule has 1 aromatic heterocycles. The van der Waals surface area contributed by atoms with Crippen LogP contribution in [0.4, 0.5) is 0 Å². The average molecular weight is 309 g/mol. The van der Waals surface area contributed by atoms with Gasteiger partial charge in [0.1, 0.15) is 12.4 Å². The molecule has 2 aromatic rings. The molecule has 0 aliphatic heterocycles. The lowest BCUT2D eigenvalue weighted by molar-refractivity contribution is 0.290. The van der Waals surface area contributed by atoms with Crippen molar-refractivity contribution < 1.29 is 4.74 Å². The molecular weight excluding hydrogens is 296 g/mol. The largest absolute Gasteiger partial charge is 0.484 e. The summed E-state index contributed by atoms with van der Waals surface area (Å²) in [5, 5.41) is 18.0. The van der Waals surface area contributed by atoms with Crippen LogP contribution in [0.25, 0.3) is 0 Å². The maximum atomic E-state index is 8.52. The van der Waals surface area contributed by atoms with E-state index in [1.54, 1.807) is 12.1 Å². The SMILES string of the molecule is Cn1c(COc2ccccc2Cl)nnc1SCCC#N. The van der Waals surface area contributed by atoms with Crippen LogP contribution in [0.1, 0.15) is 12.2 Å². The lowest BCUT2D eigenvalue weighted by Crippen LogP contribution is -2.04. The predicted molar refractivity (Wildman–Crippen MR) is 77.7 cm³/mol. The highest BCUT2D eigenvalue weighted by atomic mass is 35.5. The van der Waals surface area contributed by atoms with Crippen LogP contribution in [0.2, 0.25) is 5.02 Å². The Morgan fingerprint density at radius 3 is 2.95 bits per heavy atom. The molecule has 2 rings (SSSR count). The molecule has 0 bridgehead atoms. The second kappa shape index (κ2) is 7.17. The van der Waals surface area contributed by atoms with Crippen molar-refractivity contribution in [3.63, 3.8) is 0 Å².